The maximum Gasteiger partial charge on any atom is 0.248 e. The van der Waals surface area contributed by atoms with E-state index in [0.29, 0.717) is 17.9 Å². The molecule has 1 aromatic rings. The minimum absolute atomic E-state index is 0.00829. The number of aryl methyl sites for hydroxylation is 1. The zero-order chi connectivity index (χ0) is 14.0. The summed E-state index contributed by atoms with van der Waals surface area (Å²) >= 11 is 6.20. The predicted octanol–water partition coefficient (Wildman–Crippen LogP) is 3.64. The van der Waals surface area contributed by atoms with Crippen LogP contribution in [-0.2, 0) is 6.54 Å². The van der Waals surface area contributed by atoms with Crippen molar-refractivity contribution >= 4 is 11.6 Å². The van der Waals surface area contributed by atoms with Gasteiger partial charge in [-0.1, -0.05) is 11.6 Å². The molecule has 1 unspecified atom stereocenters. The molecule has 0 spiro atoms. The number of hydrogen-bond acceptors (Lipinski definition) is 2. The van der Waals surface area contributed by atoms with Crippen LogP contribution in [0, 0.1) is 5.92 Å². The van der Waals surface area contributed by atoms with Crippen LogP contribution in [0.15, 0.2) is 6.20 Å². The lowest BCUT2D eigenvalue weighted by Gasteiger charge is -2.34. The van der Waals surface area contributed by atoms with Gasteiger partial charge in [0.2, 0.25) is 5.92 Å². The van der Waals surface area contributed by atoms with E-state index in [1.54, 1.807) is 6.20 Å². The summed E-state index contributed by atoms with van der Waals surface area (Å²) in [5.41, 5.74) is 0.918. The van der Waals surface area contributed by atoms with Crippen LogP contribution in [0.1, 0.15) is 44.3 Å². The standard InChI is InChI=1S/C13H20ClF2N3/c1-3-19-12(10(14)8-18-19)11(17-2)9-4-6-13(15,16)7-5-9/h8-9,11,17H,3-7H2,1-2H3. The van der Waals surface area contributed by atoms with Gasteiger partial charge in [-0.05, 0) is 32.7 Å². The lowest BCUT2D eigenvalue weighted by atomic mass is 9.81. The summed E-state index contributed by atoms with van der Waals surface area (Å²) in [7, 11) is 1.85. The van der Waals surface area contributed by atoms with Crippen molar-refractivity contribution in [1.82, 2.24) is 15.1 Å². The second-order valence-corrected chi connectivity index (χ2v) is 5.56. The molecule has 1 aliphatic carbocycles. The van der Waals surface area contributed by atoms with Gasteiger partial charge in [0.1, 0.15) is 0 Å². The lowest BCUT2D eigenvalue weighted by Crippen LogP contribution is -2.34. The van der Waals surface area contributed by atoms with Crippen molar-refractivity contribution in [2.75, 3.05) is 7.05 Å². The zero-order valence-electron chi connectivity index (χ0n) is 11.3. The number of nitrogens with zero attached hydrogens (tertiary/aromatic N) is 2. The first-order valence-corrected chi connectivity index (χ1v) is 7.12. The van der Waals surface area contributed by atoms with E-state index in [1.165, 1.54) is 0 Å². The van der Waals surface area contributed by atoms with Crippen molar-refractivity contribution in [3.63, 3.8) is 0 Å². The van der Waals surface area contributed by atoms with Crippen LogP contribution in [0.5, 0.6) is 0 Å². The Balaban J connectivity index is 2.18. The molecule has 0 aliphatic heterocycles. The van der Waals surface area contributed by atoms with Gasteiger partial charge in [0.05, 0.1) is 23.0 Å². The van der Waals surface area contributed by atoms with E-state index in [4.69, 9.17) is 11.6 Å². The number of alkyl halides is 2. The van der Waals surface area contributed by atoms with Crippen LogP contribution < -0.4 is 5.32 Å². The van der Waals surface area contributed by atoms with Gasteiger partial charge in [-0.25, -0.2) is 8.78 Å². The fraction of sp³-hybridized carbons (Fsp3) is 0.769. The molecule has 1 saturated carbocycles. The number of hydrogen-bond donors (Lipinski definition) is 1. The Hall–Kier alpha value is -0.680. The quantitative estimate of drug-likeness (QED) is 0.918. The third-order valence-corrected chi connectivity index (χ3v) is 4.26. The number of aromatic nitrogens is 2. The normalized spacial score (nSPS) is 21.5. The van der Waals surface area contributed by atoms with Crippen LogP contribution in [0.2, 0.25) is 5.02 Å². The van der Waals surface area contributed by atoms with E-state index < -0.39 is 5.92 Å². The molecule has 108 valence electrons. The van der Waals surface area contributed by atoms with Gasteiger partial charge < -0.3 is 5.32 Å². The first-order valence-electron chi connectivity index (χ1n) is 6.75. The molecule has 6 heteroatoms. The van der Waals surface area contributed by atoms with Crippen molar-refractivity contribution in [3.05, 3.63) is 16.9 Å². The Labute approximate surface area is 117 Å². The summed E-state index contributed by atoms with van der Waals surface area (Å²) in [5.74, 6) is -2.31. The Bertz CT molecular complexity index is 424. The fourth-order valence-electron chi connectivity index (χ4n) is 2.92. The van der Waals surface area contributed by atoms with E-state index in [2.05, 4.69) is 10.4 Å². The summed E-state index contributed by atoms with van der Waals surface area (Å²) in [6, 6.07) is -0.00829. The minimum atomic E-state index is -2.50. The average molecular weight is 292 g/mol. The summed E-state index contributed by atoms with van der Waals surface area (Å²) in [6.45, 7) is 2.72. The Kier molecular flexibility index (Phi) is 4.46. The van der Waals surface area contributed by atoms with Crippen LogP contribution in [0.4, 0.5) is 8.78 Å². The van der Waals surface area contributed by atoms with E-state index >= 15 is 0 Å². The van der Waals surface area contributed by atoms with Crippen molar-refractivity contribution in [2.24, 2.45) is 5.92 Å². The predicted molar refractivity (Wildman–Crippen MR) is 71.6 cm³/mol. The Morgan fingerprint density at radius 3 is 2.68 bits per heavy atom. The molecule has 0 bridgehead atoms. The van der Waals surface area contributed by atoms with Crippen molar-refractivity contribution in [1.29, 1.82) is 0 Å². The summed E-state index contributed by atoms with van der Waals surface area (Å²) in [5, 5.41) is 8.06. The highest BCUT2D eigenvalue weighted by Gasteiger charge is 2.38. The molecule has 1 heterocycles. The van der Waals surface area contributed by atoms with Gasteiger partial charge >= 0.3 is 0 Å². The average Bonchev–Trinajstić information content (AvgIpc) is 2.74. The molecule has 3 nitrogen and oxygen atoms in total. The smallest absolute Gasteiger partial charge is 0.248 e. The molecule has 0 saturated heterocycles. The molecule has 2 rings (SSSR count). The summed E-state index contributed by atoms with van der Waals surface area (Å²) in [4.78, 5) is 0. The van der Waals surface area contributed by atoms with Crippen molar-refractivity contribution in [3.8, 4) is 0 Å². The topological polar surface area (TPSA) is 29.9 Å². The Morgan fingerprint density at radius 2 is 2.16 bits per heavy atom. The zero-order valence-corrected chi connectivity index (χ0v) is 12.1. The molecular weight excluding hydrogens is 272 g/mol. The van der Waals surface area contributed by atoms with E-state index in [9.17, 15) is 8.78 Å². The highest BCUT2D eigenvalue weighted by molar-refractivity contribution is 6.31. The first-order chi connectivity index (χ1) is 8.98. The second kappa shape index (κ2) is 5.75. The highest BCUT2D eigenvalue weighted by atomic mass is 35.5. The molecule has 0 radical (unpaired) electrons. The monoisotopic (exact) mass is 291 g/mol. The van der Waals surface area contributed by atoms with Gasteiger partial charge in [-0.15, -0.1) is 0 Å². The molecule has 1 N–H and O–H groups in total. The van der Waals surface area contributed by atoms with Crippen molar-refractivity contribution < 1.29 is 8.78 Å². The number of nitrogens with one attached hydrogen (secondary N) is 1. The van der Waals surface area contributed by atoms with Gasteiger partial charge in [0.25, 0.3) is 0 Å². The lowest BCUT2D eigenvalue weighted by molar-refractivity contribution is -0.0498. The minimum Gasteiger partial charge on any atom is -0.311 e. The molecular formula is C13H20ClF2N3. The van der Waals surface area contributed by atoms with Crippen molar-refractivity contribution in [2.45, 2.75) is 51.1 Å². The fourth-order valence-corrected chi connectivity index (χ4v) is 3.18. The van der Waals surface area contributed by atoms with E-state index in [0.717, 1.165) is 12.2 Å². The first kappa shape index (κ1) is 14.7. The Morgan fingerprint density at radius 1 is 1.53 bits per heavy atom. The number of halogens is 3. The summed E-state index contributed by atoms with van der Waals surface area (Å²) < 4.78 is 28.3. The van der Waals surface area contributed by atoms with E-state index in [-0.39, 0.29) is 24.8 Å². The SMILES string of the molecule is CCn1ncc(Cl)c1C(NC)C1CCC(F)(F)CC1. The number of rotatable bonds is 4. The molecule has 1 aromatic heterocycles. The largest absolute Gasteiger partial charge is 0.311 e. The molecule has 0 aromatic carbocycles. The molecule has 19 heavy (non-hydrogen) atoms. The van der Waals surface area contributed by atoms with Gasteiger partial charge in [-0.2, -0.15) is 5.10 Å². The third kappa shape index (κ3) is 3.08. The molecule has 0 amide bonds. The van der Waals surface area contributed by atoms with Crippen LogP contribution in [0.3, 0.4) is 0 Å². The van der Waals surface area contributed by atoms with Crippen LogP contribution in [-0.4, -0.2) is 22.8 Å². The van der Waals surface area contributed by atoms with Crippen LogP contribution >= 0.6 is 11.6 Å². The molecule has 1 fully saturated rings. The maximum atomic E-state index is 13.2. The third-order valence-electron chi connectivity index (χ3n) is 3.97. The van der Waals surface area contributed by atoms with E-state index in [1.807, 2.05) is 18.7 Å². The molecule has 1 aliphatic rings. The van der Waals surface area contributed by atoms with Gasteiger partial charge in [-0.3, -0.25) is 4.68 Å². The highest BCUT2D eigenvalue weighted by Crippen LogP contribution is 2.42. The maximum absolute atomic E-state index is 13.2. The second-order valence-electron chi connectivity index (χ2n) is 5.15. The molecule has 1 atom stereocenters. The summed E-state index contributed by atoms with van der Waals surface area (Å²) in [6.07, 6.45) is 2.59. The van der Waals surface area contributed by atoms with Gasteiger partial charge in [0, 0.05) is 19.4 Å². The van der Waals surface area contributed by atoms with Gasteiger partial charge in [0.15, 0.2) is 0 Å². The van der Waals surface area contributed by atoms with Crippen LogP contribution in [0.25, 0.3) is 0 Å².